The highest BCUT2D eigenvalue weighted by atomic mass is 79.9. The highest BCUT2D eigenvalue weighted by molar-refractivity contribution is 9.11. The minimum Gasteiger partial charge on any atom is -0.479 e. The zero-order valence-corrected chi connectivity index (χ0v) is 10.5. The van der Waals surface area contributed by atoms with Crippen LogP contribution in [-0.4, -0.2) is 29.2 Å². The molecule has 90 valence electrons. The van der Waals surface area contributed by atoms with E-state index >= 15 is 0 Å². The molecular weight excluding hydrogens is 290 g/mol. The number of nitrogens with one attached hydrogen (secondary N) is 1. The molecule has 0 aromatic carbocycles. The van der Waals surface area contributed by atoms with E-state index in [0.29, 0.717) is 11.3 Å². The summed E-state index contributed by atoms with van der Waals surface area (Å²) in [4.78, 5) is 22.1. The first-order chi connectivity index (χ1) is 7.99. The molecule has 0 bridgehead atoms. The maximum absolute atomic E-state index is 11.1. The van der Waals surface area contributed by atoms with E-state index in [4.69, 9.17) is 9.84 Å². The van der Waals surface area contributed by atoms with Gasteiger partial charge in [0.1, 0.15) is 6.10 Å². The quantitative estimate of drug-likeness (QED) is 0.800. The number of hydrogen-bond acceptors (Lipinski definition) is 3. The van der Waals surface area contributed by atoms with E-state index in [2.05, 4.69) is 21.2 Å². The third kappa shape index (κ3) is 2.32. The predicted molar refractivity (Wildman–Crippen MR) is 63.3 cm³/mol. The van der Waals surface area contributed by atoms with Crippen LogP contribution in [-0.2, 0) is 14.3 Å². The zero-order chi connectivity index (χ0) is 12.6. The fourth-order valence-electron chi connectivity index (χ4n) is 1.79. The van der Waals surface area contributed by atoms with Crippen LogP contribution >= 0.6 is 15.9 Å². The van der Waals surface area contributed by atoms with Crippen LogP contribution in [0.2, 0.25) is 0 Å². The number of hydrogen-bond donors (Lipinski definition) is 2. The second-order valence-electron chi connectivity index (χ2n) is 3.71. The van der Waals surface area contributed by atoms with Gasteiger partial charge in [-0.25, -0.2) is 4.79 Å². The summed E-state index contributed by atoms with van der Waals surface area (Å²) in [6.45, 7) is 1.33. The van der Waals surface area contributed by atoms with Crippen molar-refractivity contribution in [3.05, 3.63) is 34.0 Å². The molecule has 0 saturated carbocycles. The molecule has 2 N–H and O–H groups in total. The first-order valence-electron chi connectivity index (χ1n) is 4.94. The van der Waals surface area contributed by atoms with Gasteiger partial charge >= 0.3 is 5.97 Å². The Hall–Kier alpha value is -1.40. The molecule has 2 unspecified atom stereocenters. The number of allylic oxidation sites excluding steroid dienone is 2. The van der Waals surface area contributed by atoms with Crippen LogP contribution in [0.25, 0.3) is 0 Å². The van der Waals surface area contributed by atoms with E-state index in [-0.39, 0.29) is 5.91 Å². The molecule has 0 spiro atoms. The Labute approximate surface area is 106 Å². The summed E-state index contributed by atoms with van der Waals surface area (Å²) in [5.74, 6) is -1.43. The van der Waals surface area contributed by atoms with Crippen molar-refractivity contribution in [2.75, 3.05) is 0 Å². The molecule has 1 aliphatic carbocycles. The smallest absolute Gasteiger partial charge is 0.339 e. The lowest BCUT2D eigenvalue weighted by molar-refractivity contribution is -0.147. The molecule has 0 aromatic heterocycles. The van der Waals surface area contributed by atoms with E-state index in [0.717, 1.165) is 4.48 Å². The zero-order valence-electron chi connectivity index (χ0n) is 8.94. The lowest BCUT2D eigenvalue weighted by Crippen LogP contribution is -2.32. The predicted octanol–water partition coefficient (Wildman–Crippen LogP) is 1.08. The summed E-state index contributed by atoms with van der Waals surface area (Å²) in [6.07, 6.45) is 3.73. The van der Waals surface area contributed by atoms with Gasteiger partial charge in [0.25, 0.3) is 0 Å². The van der Waals surface area contributed by atoms with Crippen LogP contribution in [0.1, 0.15) is 6.92 Å². The first-order valence-corrected chi connectivity index (χ1v) is 5.73. The summed E-state index contributed by atoms with van der Waals surface area (Å²) >= 11 is 3.30. The van der Waals surface area contributed by atoms with Crippen molar-refractivity contribution in [3.63, 3.8) is 0 Å². The lowest BCUT2D eigenvalue weighted by atomic mass is 10.0. The molecule has 0 fully saturated rings. The van der Waals surface area contributed by atoms with Crippen molar-refractivity contribution >= 4 is 27.8 Å². The Morgan fingerprint density at radius 1 is 1.53 bits per heavy atom. The van der Waals surface area contributed by atoms with Crippen molar-refractivity contribution in [1.29, 1.82) is 0 Å². The summed E-state index contributed by atoms with van der Waals surface area (Å²) in [5, 5.41) is 11.6. The molecule has 2 atom stereocenters. The summed E-state index contributed by atoms with van der Waals surface area (Å²) < 4.78 is 6.15. The van der Waals surface area contributed by atoms with Gasteiger partial charge in [0, 0.05) is 17.0 Å². The monoisotopic (exact) mass is 299 g/mol. The third-order valence-corrected chi connectivity index (χ3v) is 2.91. The van der Waals surface area contributed by atoms with Gasteiger partial charge in [0.05, 0.1) is 5.70 Å². The molecule has 0 radical (unpaired) electrons. The Kier molecular flexibility index (Phi) is 3.17. The van der Waals surface area contributed by atoms with Gasteiger partial charge in [0.15, 0.2) is 6.10 Å². The fraction of sp³-hybridized carbons (Fsp3) is 0.273. The molecule has 1 heterocycles. The Balaban J connectivity index is 2.42. The van der Waals surface area contributed by atoms with E-state index in [1.807, 2.05) is 0 Å². The lowest BCUT2D eigenvalue weighted by Gasteiger charge is -2.11. The summed E-state index contributed by atoms with van der Waals surface area (Å²) in [6, 6.07) is 0. The number of carbonyl (C=O) groups is 2. The van der Waals surface area contributed by atoms with E-state index in [1.54, 1.807) is 18.2 Å². The number of carbonyl (C=O) groups excluding carboxylic acids is 1. The molecule has 2 rings (SSSR count). The van der Waals surface area contributed by atoms with Crippen LogP contribution in [0.15, 0.2) is 34.0 Å². The second kappa shape index (κ2) is 4.46. The molecule has 17 heavy (non-hydrogen) atoms. The molecule has 5 nitrogen and oxygen atoms in total. The Morgan fingerprint density at radius 3 is 2.82 bits per heavy atom. The molecule has 1 amide bonds. The summed E-state index contributed by atoms with van der Waals surface area (Å²) in [5.41, 5.74) is 0.971. The van der Waals surface area contributed by atoms with E-state index in [1.165, 1.54) is 6.92 Å². The number of halogens is 1. The van der Waals surface area contributed by atoms with Crippen LogP contribution in [0.5, 0.6) is 0 Å². The maximum atomic E-state index is 11.1. The second-order valence-corrected chi connectivity index (χ2v) is 4.63. The number of rotatable bonds is 2. The van der Waals surface area contributed by atoms with Gasteiger partial charge in [-0.3, -0.25) is 4.79 Å². The largest absolute Gasteiger partial charge is 0.479 e. The third-order valence-electron chi connectivity index (χ3n) is 2.42. The highest BCUT2D eigenvalue weighted by Crippen LogP contribution is 2.33. The van der Waals surface area contributed by atoms with Gasteiger partial charge in [-0.1, -0.05) is 22.0 Å². The van der Waals surface area contributed by atoms with E-state index < -0.39 is 18.2 Å². The van der Waals surface area contributed by atoms with Crippen molar-refractivity contribution in [2.45, 2.75) is 19.1 Å². The topological polar surface area (TPSA) is 75.6 Å². The number of carboxylic acid groups (broad SMARTS) is 1. The van der Waals surface area contributed by atoms with Crippen molar-refractivity contribution in [3.8, 4) is 0 Å². The van der Waals surface area contributed by atoms with Gasteiger partial charge in [-0.15, -0.1) is 0 Å². The highest BCUT2D eigenvalue weighted by Gasteiger charge is 2.38. The molecule has 0 aromatic rings. The van der Waals surface area contributed by atoms with E-state index in [9.17, 15) is 9.59 Å². The average Bonchev–Trinajstić information content (AvgIpc) is 2.56. The number of ether oxygens (including phenoxy) is 1. The van der Waals surface area contributed by atoms with Crippen molar-refractivity contribution < 1.29 is 19.4 Å². The normalized spacial score (nSPS) is 26.6. The van der Waals surface area contributed by atoms with Gasteiger partial charge < -0.3 is 15.2 Å². The van der Waals surface area contributed by atoms with Gasteiger partial charge in [-0.2, -0.15) is 0 Å². The molecule has 2 aliphatic rings. The number of aliphatic carboxylic acids is 1. The Morgan fingerprint density at radius 2 is 2.24 bits per heavy atom. The molecule has 6 heteroatoms. The molecular formula is C11H10BrNO4. The number of carboxylic acids is 1. The molecule has 0 saturated heterocycles. The van der Waals surface area contributed by atoms with Crippen LogP contribution < -0.4 is 5.32 Å². The van der Waals surface area contributed by atoms with Gasteiger partial charge in [0.2, 0.25) is 5.91 Å². The van der Waals surface area contributed by atoms with Crippen molar-refractivity contribution in [2.24, 2.45) is 0 Å². The Bertz CT molecular complexity index is 478. The average molecular weight is 300 g/mol. The fourth-order valence-corrected chi connectivity index (χ4v) is 2.19. The minimum absolute atomic E-state index is 0.302. The van der Waals surface area contributed by atoms with Crippen LogP contribution in [0.3, 0.4) is 0 Å². The first kappa shape index (κ1) is 12.1. The standard InChI is InChI=1S/C11H10BrNO4/c1-5(14)13-9-7-4-6(12)2-3-8(7)17-10(9)11(15)16/h2-4,8,10H,1H3,(H,13,14)(H,15,16). The molecule has 1 aliphatic heterocycles. The number of fused-ring (bicyclic) bond motifs is 1. The van der Waals surface area contributed by atoms with Crippen LogP contribution in [0, 0.1) is 0 Å². The van der Waals surface area contributed by atoms with Crippen molar-refractivity contribution in [1.82, 2.24) is 5.32 Å². The van der Waals surface area contributed by atoms with Crippen LogP contribution in [0.4, 0.5) is 0 Å². The minimum atomic E-state index is -1.13. The maximum Gasteiger partial charge on any atom is 0.339 e. The summed E-state index contributed by atoms with van der Waals surface area (Å²) in [7, 11) is 0. The van der Waals surface area contributed by atoms with Gasteiger partial charge in [-0.05, 0) is 12.2 Å². The SMILES string of the molecule is CC(=O)NC1=C2C=C(Br)C=CC2OC1C(=O)O. The number of amides is 1.